The van der Waals surface area contributed by atoms with E-state index in [0.717, 1.165) is 10.5 Å². The number of nitrogens with one attached hydrogen (secondary N) is 2. The highest BCUT2D eigenvalue weighted by atomic mass is 16.6. The van der Waals surface area contributed by atoms with E-state index in [-0.39, 0.29) is 25.8 Å². The van der Waals surface area contributed by atoms with Gasteiger partial charge in [0.2, 0.25) is 17.7 Å². The summed E-state index contributed by atoms with van der Waals surface area (Å²) in [6.45, 7) is 9.11. The zero-order chi connectivity index (χ0) is 35.4. The molecular formula is C35H46N4O8. The highest BCUT2D eigenvalue weighted by Gasteiger charge is 2.38. The molecule has 2 aromatic rings. The first-order valence-corrected chi connectivity index (χ1v) is 15.3. The summed E-state index contributed by atoms with van der Waals surface area (Å²) in [5.41, 5.74) is 5.15. The van der Waals surface area contributed by atoms with E-state index < -0.39 is 65.7 Å². The van der Waals surface area contributed by atoms with E-state index in [1.54, 1.807) is 90.1 Å². The van der Waals surface area contributed by atoms with E-state index in [4.69, 9.17) is 21.6 Å². The maximum absolute atomic E-state index is 14.3. The number of hydrogen-bond acceptors (Lipinski definition) is 8. The fourth-order valence-electron chi connectivity index (χ4n) is 4.57. The van der Waals surface area contributed by atoms with Gasteiger partial charge in [0, 0.05) is 24.9 Å². The maximum Gasteiger partial charge on any atom is 0.408 e. The van der Waals surface area contributed by atoms with Crippen LogP contribution in [0.25, 0.3) is 0 Å². The Morgan fingerprint density at radius 3 is 2.00 bits per heavy atom. The summed E-state index contributed by atoms with van der Waals surface area (Å²) in [6.07, 6.45) is 4.20. The molecule has 2 rings (SSSR count). The normalized spacial score (nSPS) is 13.2. The summed E-state index contributed by atoms with van der Waals surface area (Å²) in [5, 5.41) is 15.3. The van der Waals surface area contributed by atoms with Crippen LogP contribution in [0.4, 0.5) is 4.79 Å². The summed E-state index contributed by atoms with van der Waals surface area (Å²) in [5.74, 6) is -0.486. The van der Waals surface area contributed by atoms with Crippen LogP contribution in [0.15, 0.2) is 54.6 Å². The second kappa shape index (κ2) is 17.1. The molecule has 3 unspecified atom stereocenters. The van der Waals surface area contributed by atoms with Gasteiger partial charge in [-0.15, -0.1) is 6.42 Å². The molecule has 0 aliphatic rings. The molecule has 5 N–H and O–H groups in total. The van der Waals surface area contributed by atoms with Crippen LogP contribution in [0.1, 0.15) is 77.1 Å². The van der Waals surface area contributed by atoms with Crippen molar-refractivity contribution in [2.75, 3.05) is 13.2 Å². The molecule has 2 aromatic carbocycles. The molecule has 47 heavy (non-hydrogen) atoms. The SMILES string of the molecule is C#Cc1ccc(C(C(=O)NC(Cc2ccccc2)C(=O)OC(C)(C)C)N(CCO)C(=O)C(CCC(N)=O)NC(=O)OC(C)(C)C)cc1. The minimum Gasteiger partial charge on any atom is -0.458 e. The van der Waals surface area contributed by atoms with E-state index >= 15 is 0 Å². The third-order valence-corrected chi connectivity index (χ3v) is 6.54. The fraction of sp³-hybridized carbons (Fsp3) is 0.457. The van der Waals surface area contributed by atoms with Crippen molar-refractivity contribution in [1.29, 1.82) is 0 Å². The minimum absolute atomic E-state index is 0.0830. The van der Waals surface area contributed by atoms with Gasteiger partial charge in [0.25, 0.3) is 0 Å². The summed E-state index contributed by atoms with van der Waals surface area (Å²) in [7, 11) is 0. The first-order valence-electron chi connectivity index (χ1n) is 15.3. The van der Waals surface area contributed by atoms with Gasteiger partial charge in [0.1, 0.15) is 29.3 Å². The number of carbonyl (C=O) groups excluding carboxylic acids is 5. The number of carbonyl (C=O) groups is 5. The van der Waals surface area contributed by atoms with Crippen molar-refractivity contribution in [2.45, 2.75) is 90.1 Å². The first-order chi connectivity index (χ1) is 21.9. The molecule has 0 aromatic heterocycles. The molecule has 0 spiro atoms. The van der Waals surface area contributed by atoms with Gasteiger partial charge in [0.05, 0.1) is 6.61 Å². The van der Waals surface area contributed by atoms with Gasteiger partial charge in [-0.25, -0.2) is 9.59 Å². The molecule has 0 saturated heterocycles. The largest absolute Gasteiger partial charge is 0.458 e. The number of rotatable bonds is 14. The van der Waals surface area contributed by atoms with Crippen molar-refractivity contribution < 1.29 is 38.6 Å². The van der Waals surface area contributed by atoms with Crippen LogP contribution in [0.3, 0.4) is 0 Å². The summed E-state index contributed by atoms with van der Waals surface area (Å²) < 4.78 is 10.9. The Morgan fingerprint density at radius 1 is 0.894 bits per heavy atom. The van der Waals surface area contributed by atoms with E-state index in [1.807, 2.05) is 6.07 Å². The molecule has 0 heterocycles. The number of terminal acetylenes is 1. The van der Waals surface area contributed by atoms with Gasteiger partial charge in [-0.05, 0) is 71.2 Å². The van der Waals surface area contributed by atoms with Crippen molar-refractivity contribution >= 4 is 29.8 Å². The van der Waals surface area contributed by atoms with Crippen molar-refractivity contribution in [2.24, 2.45) is 5.73 Å². The summed E-state index contributed by atoms with van der Waals surface area (Å²) >= 11 is 0. The lowest BCUT2D eigenvalue weighted by atomic mass is 9.99. The molecule has 12 heteroatoms. The number of primary amides is 1. The lowest BCUT2D eigenvalue weighted by Crippen LogP contribution is -2.55. The third-order valence-electron chi connectivity index (χ3n) is 6.54. The average Bonchev–Trinajstić information content (AvgIpc) is 2.97. The Balaban J connectivity index is 2.61. The number of amides is 4. The number of ether oxygens (including phenoxy) is 2. The number of nitrogens with zero attached hydrogens (tertiary/aromatic N) is 1. The predicted molar refractivity (Wildman–Crippen MR) is 175 cm³/mol. The Morgan fingerprint density at radius 2 is 1.49 bits per heavy atom. The van der Waals surface area contributed by atoms with Crippen LogP contribution in [0, 0.1) is 12.3 Å². The zero-order valence-electron chi connectivity index (χ0n) is 27.9. The predicted octanol–water partition coefficient (Wildman–Crippen LogP) is 2.76. The van der Waals surface area contributed by atoms with Gasteiger partial charge in [-0.1, -0.05) is 48.4 Å². The highest BCUT2D eigenvalue weighted by molar-refractivity contribution is 5.94. The lowest BCUT2D eigenvalue weighted by Gasteiger charge is -2.35. The molecule has 0 radical (unpaired) electrons. The molecule has 0 aliphatic heterocycles. The molecule has 0 saturated carbocycles. The van der Waals surface area contributed by atoms with Crippen molar-refractivity contribution in [3.8, 4) is 12.3 Å². The van der Waals surface area contributed by atoms with E-state index in [2.05, 4.69) is 16.6 Å². The Bertz CT molecular complexity index is 1420. The maximum atomic E-state index is 14.3. The number of benzene rings is 2. The average molecular weight is 651 g/mol. The van der Waals surface area contributed by atoms with Crippen LogP contribution in [-0.4, -0.2) is 76.2 Å². The van der Waals surface area contributed by atoms with Gasteiger partial charge >= 0.3 is 12.1 Å². The third kappa shape index (κ3) is 13.2. The second-order valence-electron chi connectivity index (χ2n) is 12.9. The number of nitrogens with two attached hydrogens (primary N) is 1. The van der Waals surface area contributed by atoms with E-state index in [1.165, 1.54) is 0 Å². The number of alkyl carbamates (subject to hydrolysis) is 1. The van der Waals surface area contributed by atoms with E-state index in [0.29, 0.717) is 11.1 Å². The Labute approximate surface area is 276 Å². The summed E-state index contributed by atoms with van der Waals surface area (Å²) in [4.78, 5) is 67.3. The number of aliphatic hydroxyl groups is 1. The van der Waals surface area contributed by atoms with Crippen LogP contribution < -0.4 is 16.4 Å². The number of esters is 1. The first kappa shape index (κ1) is 38.3. The molecule has 0 aliphatic carbocycles. The van der Waals surface area contributed by atoms with Gasteiger partial charge in [-0.2, -0.15) is 0 Å². The van der Waals surface area contributed by atoms with Crippen LogP contribution >= 0.6 is 0 Å². The van der Waals surface area contributed by atoms with Crippen molar-refractivity contribution in [3.63, 3.8) is 0 Å². The number of hydrogen-bond donors (Lipinski definition) is 4. The second-order valence-corrected chi connectivity index (χ2v) is 12.9. The van der Waals surface area contributed by atoms with Crippen molar-refractivity contribution in [1.82, 2.24) is 15.5 Å². The molecular weight excluding hydrogens is 604 g/mol. The molecule has 254 valence electrons. The van der Waals surface area contributed by atoms with Gasteiger partial charge in [-0.3, -0.25) is 14.4 Å². The quantitative estimate of drug-likeness (QED) is 0.178. The van der Waals surface area contributed by atoms with E-state index in [9.17, 15) is 29.1 Å². The zero-order valence-corrected chi connectivity index (χ0v) is 27.9. The summed E-state index contributed by atoms with van der Waals surface area (Å²) in [6, 6.07) is 11.3. The molecule has 0 bridgehead atoms. The van der Waals surface area contributed by atoms with Gasteiger partial charge in [0.15, 0.2) is 0 Å². The molecule has 3 atom stereocenters. The fourth-order valence-corrected chi connectivity index (χ4v) is 4.57. The molecule has 0 fully saturated rings. The Hall–Kier alpha value is -4.89. The monoisotopic (exact) mass is 650 g/mol. The lowest BCUT2D eigenvalue weighted by molar-refractivity contribution is -0.159. The van der Waals surface area contributed by atoms with Crippen molar-refractivity contribution in [3.05, 3.63) is 71.3 Å². The molecule has 4 amide bonds. The van der Waals surface area contributed by atoms with Gasteiger partial charge < -0.3 is 35.8 Å². The number of aliphatic hydroxyl groups excluding tert-OH is 1. The Kier molecular flexibility index (Phi) is 14.0. The smallest absolute Gasteiger partial charge is 0.408 e. The highest BCUT2D eigenvalue weighted by Crippen LogP contribution is 2.25. The molecule has 12 nitrogen and oxygen atoms in total. The topological polar surface area (TPSA) is 177 Å². The standard InChI is InChI=1S/C35H46N4O8/c1-8-23-14-16-25(17-15-23)29(30(42)37-27(32(44)46-34(2,3)4)22-24-12-10-9-11-13-24)39(20-21-40)31(43)26(18-19-28(36)41)38-33(45)47-35(5,6)7/h1,9-17,26-27,29,40H,18-22H2,2-7H3,(H2,36,41)(H,37,42)(H,38,45). The minimum atomic E-state index is -1.42. The van der Waals surface area contributed by atoms with Crippen LogP contribution in [0.2, 0.25) is 0 Å². The van der Waals surface area contributed by atoms with Crippen LogP contribution in [0.5, 0.6) is 0 Å². The van der Waals surface area contributed by atoms with Crippen LogP contribution in [-0.2, 0) is 35.1 Å².